The van der Waals surface area contributed by atoms with Crippen molar-refractivity contribution in [2.24, 2.45) is 5.92 Å². The molecule has 2 fully saturated rings. The number of aliphatic hydroxyl groups excluding tert-OH is 1. The molecule has 3 heteroatoms. The van der Waals surface area contributed by atoms with Gasteiger partial charge in [0, 0.05) is 18.6 Å². The minimum atomic E-state index is -0.199. The van der Waals surface area contributed by atoms with Gasteiger partial charge < -0.3 is 15.2 Å². The predicted octanol–water partition coefficient (Wildman–Crippen LogP) is 0.916. The molecule has 0 aromatic carbocycles. The van der Waals surface area contributed by atoms with Gasteiger partial charge >= 0.3 is 0 Å². The second kappa shape index (κ2) is 5.10. The van der Waals surface area contributed by atoms with Crippen LogP contribution in [0.25, 0.3) is 0 Å². The van der Waals surface area contributed by atoms with Crippen molar-refractivity contribution in [1.29, 1.82) is 0 Å². The molecule has 14 heavy (non-hydrogen) atoms. The zero-order valence-electron chi connectivity index (χ0n) is 8.74. The Bertz CT molecular complexity index is 161. The van der Waals surface area contributed by atoms with Crippen LogP contribution in [0.3, 0.4) is 0 Å². The van der Waals surface area contributed by atoms with E-state index in [1.807, 2.05) is 0 Å². The molecule has 0 aromatic heterocycles. The van der Waals surface area contributed by atoms with Crippen molar-refractivity contribution in [2.75, 3.05) is 19.8 Å². The monoisotopic (exact) mass is 199 g/mol. The highest BCUT2D eigenvalue weighted by Crippen LogP contribution is 2.22. The summed E-state index contributed by atoms with van der Waals surface area (Å²) < 4.78 is 5.31. The van der Waals surface area contributed by atoms with Crippen molar-refractivity contribution in [1.82, 2.24) is 5.32 Å². The van der Waals surface area contributed by atoms with Crippen molar-refractivity contribution in [3.8, 4) is 0 Å². The number of hydrogen-bond acceptors (Lipinski definition) is 3. The van der Waals surface area contributed by atoms with E-state index in [-0.39, 0.29) is 6.10 Å². The van der Waals surface area contributed by atoms with Crippen molar-refractivity contribution < 1.29 is 9.84 Å². The van der Waals surface area contributed by atoms with E-state index in [0.29, 0.717) is 12.0 Å². The fourth-order valence-corrected chi connectivity index (χ4v) is 2.50. The zero-order valence-corrected chi connectivity index (χ0v) is 8.74. The molecule has 2 rings (SSSR count). The number of nitrogens with one attached hydrogen (secondary N) is 1. The topological polar surface area (TPSA) is 41.5 Å². The SMILES string of the molecule is OC(C1CCOC1)C1CCCCCN1. The largest absolute Gasteiger partial charge is 0.391 e. The van der Waals surface area contributed by atoms with Gasteiger partial charge in [0.25, 0.3) is 0 Å². The van der Waals surface area contributed by atoms with Crippen LogP contribution >= 0.6 is 0 Å². The van der Waals surface area contributed by atoms with Gasteiger partial charge in [-0.2, -0.15) is 0 Å². The standard InChI is InChI=1S/C11H21NO2/c13-11(9-5-7-14-8-9)10-4-2-1-3-6-12-10/h9-13H,1-8H2. The molecule has 0 aliphatic carbocycles. The van der Waals surface area contributed by atoms with E-state index in [1.54, 1.807) is 0 Å². The van der Waals surface area contributed by atoms with Crippen molar-refractivity contribution in [2.45, 2.75) is 44.2 Å². The molecular weight excluding hydrogens is 178 g/mol. The molecular formula is C11H21NO2. The van der Waals surface area contributed by atoms with Crippen LogP contribution in [0, 0.1) is 5.92 Å². The Hall–Kier alpha value is -0.120. The minimum Gasteiger partial charge on any atom is -0.391 e. The summed E-state index contributed by atoms with van der Waals surface area (Å²) in [6, 6.07) is 0.309. The van der Waals surface area contributed by atoms with E-state index in [2.05, 4.69) is 5.32 Å². The summed E-state index contributed by atoms with van der Waals surface area (Å²) in [4.78, 5) is 0. The molecule has 0 radical (unpaired) electrons. The second-order valence-corrected chi connectivity index (χ2v) is 4.52. The molecule has 3 nitrogen and oxygen atoms in total. The van der Waals surface area contributed by atoms with E-state index in [4.69, 9.17) is 4.74 Å². The molecule has 3 atom stereocenters. The Morgan fingerprint density at radius 1 is 1.21 bits per heavy atom. The number of ether oxygens (including phenoxy) is 1. The maximum Gasteiger partial charge on any atom is 0.0744 e. The number of aliphatic hydroxyl groups is 1. The Labute approximate surface area is 85.8 Å². The number of hydrogen-bond donors (Lipinski definition) is 2. The van der Waals surface area contributed by atoms with E-state index < -0.39 is 0 Å². The van der Waals surface area contributed by atoms with Crippen LogP contribution < -0.4 is 5.32 Å². The van der Waals surface area contributed by atoms with Crippen molar-refractivity contribution >= 4 is 0 Å². The van der Waals surface area contributed by atoms with Crippen LogP contribution in [0.5, 0.6) is 0 Å². The van der Waals surface area contributed by atoms with Crippen LogP contribution in [-0.4, -0.2) is 37.0 Å². The summed E-state index contributed by atoms with van der Waals surface area (Å²) >= 11 is 0. The van der Waals surface area contributed by atoms with Gasteiger partial charge in [0.15, 0.2) is 0 Å². The quantitative estimate of drug-likeness (QED) is 0.695. The highest BCUT2D eigenvalue weighted by molar-refractivity contribution is 4.84. The van der Waals surface area contributed by atoms with Gasteiger partial charge in [0.05, 0.1) is 12.7 Å². The van der Waals surface area contributed by atoms with Gasteiger partial charge in [-0.1, -0.05) is 12.8 Å². The molecule has 3 unspecified atom stereocenters. The van der Waals surface area contributed by atoms with Gasteiger partial charge in [-0.25, -0.2) is 0 Å². The van der Waals surface area contributed by atoms with E-state index in [0.717, 1.165) is 32.6 Å². The first-order chi connectivity index (χ1) is 6.88. The molecule has 0 spiro atoms. The third-order valence-corrected chi connectivity index (χ3v) is 3.46. The summed E-state index contributed by atoms with van der Waals surface area (Å²) in [6.45, 7) is 2.64. The van der Waals surface area contributed by atoms with Crippen LogP contribution in [0.2, 0.25) is 0 Å². The Morgan fingerprint density at radius 3 is 2.93 bits per heavy atom. The highest BCUT2D eigenvalue weighted by atomic mass is 16.5. The lowest BCUT2D eigenvalue weighted by atomic mass is 9.93. The molecule has 82 valence electrons. The first-order valence-electron chi connectivity index (χ1n) is 5.87. The van der Waals surface area contributed by atoms with E-state index in [1.165, 1.54) is 19.3 Å². The molecule has 2 aliphatic heterocycles. The third-order valence-electron chi connectivity index (χ3n) is 3.46. The molecule has 2 heterocycles. The minimum absolute atomic E-state index is 0.199. The highest BCUT2D eigenvalue weighted by Gasteiger charge is 2.30. The predicted molar refractivity (Wildman–Crippen MR) is 55.2 cm³/mol. The lowest BCUT2D eigenvalue weighted by Gasteiger charge is -2.26. The summed E-state index contributed by atoms with van der Waals surface area (Å²) in [5.74, 6) is 0.366. The van der Waals surface area contributed by atoms with Gasteiger partial charge in [-0.05, 0) is 25.8 Å². The lowest BCUT2D eigenvalue weighted by Crippen LogP contribution is -2.43. The van der Waals surface area contributed by atoms with Gasteiger partial charge in [-0.15, -0.1) is 0 Å². The average Bonchev–Trinajstić information content (AvgIpc) is 2.59. The summed E-state index contributed by atoms with van der Waals surface area (Å²) in [5.41, 5.74) is 0. The van der Waals surface area contributed by atoms with Gasteiger partial charge in [-0.3, -0.25) is 0 Å². The molecule has 2 aliphatic rings. The average molecular weight is 199 g/mol. The fourth-order valence-electron chi connectivity index (χ4n) is 2.50. The Morgan fingerprint density at radius 2 is 2.14 bits per heavy atom. The van der Waals surface area contributed by atoms with Crippen LogP contribution in [0.1, 0.15) is 32.1 Å². The molecule has 0 saturated carbocycles. The normalized spacial score (nSPS) is 36.6. The van der Waals surface area contributed by atoms with Crippen molar-refractivity contribution in [3.63, 3.8) is 0 Å². The first kappa shape index (κ1) is 10.4. The van der Waals surface area contributed by atoms with E-state index in [9.17, 15) is 5.11 Å². The molecule has 0 bridgehead atoms. The Kier molecular flexibility index (Phi) is 3.79. The number of rotatable bonds is 2. The fraction of sp³-hybridized carbons (Fsp3) is 1.00. The van der Waals surface area contributed by atoms with Crippen LogP contribution in [-0.2, 0) is 4.74 Å². The summed E-state index contributed by atoms with van der Waals surface area (Å²) in [6.07, 6.45) is 5.76. The zero-order chi connectivity index (χ0) is 9.80. The van der Waals surface area contributed by atoms with Gasteiger partial charge in [0.1, 0.15) is 0 Å². The van der Waals surface area contributed by atoms with Crippen LogP contribution in [0.4, 0.5) is 0 Å². The second-order valence-electron chi connectivity index (χ2n) is 4.52. The molecule has 0 aromatic rings. The Balaban J connectivity index is 1.84. The molecule has 2 N–H and O–H groups in total. The maximum atomic E-state index is 10.2. The van der Waals surface area contributed by atoms with Crippen LogP contribution in [0.15, 0.2) is 0 Å². The molecule has 2 saturated heterocycles. The summed E-state index contributed by atoms with van der Waals surface area (Å²) in [5, 5.41) is 13.6. The summed E-state index contributed by atoms with van der Waals surface area (Å²) in [7, 11) is 0. The van der Waals surface area contributed by atoms with E-state index >= 15 is 0 Å². The van der Waals surface area contributed by atoms with Crippen molar-refractivity contribution in [3.05, 3.63) is 0 Å². The lowest BCUT2D eigenvalue weighted by molar-refractivity contribution is 0.0579. The maximum absolute atomic E-state index is 10.2. The molecule has 0 amide bonds. The first-order valence-corrected chi connectivity index (χ1v) is 5.87. The smallest absolute Gasteiger partial charge is 0.0744 e. The third kappa shape index (κ3) is 2.47. The van der Waals surface area contributed by atoms with Gasteiger partial charge in [0.2, 0.25) is 0 Å².